The Morgan fingerprint density at radius 3 is 2.56 bits per heavy atom. The van der Waals surface area contributed by atoms with Crippen LogP contribution in [0.3, 0.4) is 0 Å². The van der Waals surface area contributed by atoms with Gasteiger partial charge in [-0.25, -0.2) is 9.18 Å². The zero-order chi connectivity index (χ0) is 19.0. The number of alkyl halides is 1. The maximum atomic E-state index is 13.5. The smallest absolute Gasteiger partial charge is 0.405 e. The van der Waals surface area contributed by atoms with Gasteiger partial charge in [0.05, 0.1) is 5.54 Å². The minimum Gasteiger partial charge on any atom is -0.465 e. The van der Waals surface area contributed by atoms with E-state index in [0.29, 0.717) is 11.5 Å². The SMILES string of the molecule is Nc1cc(-c2ccsc2)c(-c2ccc([C@]3(NC(=O)O)C[C@H](F)C3)cc2)nn1. The van der Waals surface area contributed by atoms with Crippen LogP contribution in [0.2, 0.25) is 0 Å². The lowest BCUT2D eigenvalue weighted by atomic mass is 9.70. The summed E-state index contributed by atoms with van der Waals surface area (Å²) in [4.78, 5) is 11.1. The lowest BCUT2D eigenvalue weighted by Gasteiger charge is -2.44. The van der Waals surface area contributed by atoms with Gasteiger partial charge in [-0.1, -0.05) is 24.3 Å². The molecule has 27 heavy (non-hydrogen) atoms. The minimum absolute atomic E-state index is 0.139. The highest BCUT2D eigenvalue weighted by Crippen LogP contribution is 2.44. The molecule has 1 aromatic carbocycles. The predicted octanol–water partition coefficient (Wildman–Crippen LogP) is 4.05. The van der Waals surface area contributed by atoms with Crippen LogP contribution in [0.5, 0.6) is 0 Å². The Morgan fingerprint density at radius 1 is 1.22 bits per heavy atom. The van der Waals surface area contributed by atoms with Gasteiger partial charge >= 0.3 is 6.09 Å². The second kappa shape index (κ2) is 6.62. The van der Waals surface area contributed by atoms with Crippen molar-refractivity contribution < 1.29 is 14.3 Å². The maximum Gasteiger partial charge on any atom is 0.405 e. The fourth-order valence-electron chi connectivity index (χ4n) is 3.52. The van der Waals surface area contributed by atoms with Crippen LogP contribution in [0, 0.1) is 0 Å². The molecule has 4 rings (SSSR count). The molecule has 0 unspecified atom stereocenters. The van der Waals surface area contributed by atoms with Gasteiger partial charge in [0, 0.05) is 24.0 Å². The summed E-state index contributed by atoms with van der Waals surface area (Å²) in [5, 5.41) is 23.8. The molecule has 2 heterocycles. The van der Waals surface area contributed by atoms with Gasteiger partial charge in [0.2, 0.25) is 0 Å². The summed E-state index contributed by atoms with van der Waals surface area (Å²) in [6, 6.07) is 11.1. The lowest BCUT2D eigenvalue weighted by Crippen LogP contribution is -2.55. The van der Waals surface area contributed by atoms with Crippen LogP contribution >= 0.6 is 11.3 Å². The molecule has 1 aliphatic rings. The molecule has 8 heteroatoms. The van der Waals surface area contributed by atoms with Gasteiger partial charge in [0.25, 0.3) is 0 Å². The van der Waals surface area contributed by atoms with E-state index in [0.717, 1.165) is 22.3 Å². The predicted molar refractivity (Wildman–Crippen MR) is 102 cm³/mol. The van der Waals surface area contributed by atoms with Crippen molar-refractivity contribution >= 4 is 23.2 Å². The number of nitrogens with one attached hydrogen (secondary N) is 1. The van der Waals surface area contributed by atoms with E-state index in [1.807, 2.05) is 41.1 Å². The average molecular weight is 384 g/mol. The zero-order valence-corrected chi connectivity index (χ0v) is 15.0. The second-order valence-corrected chi connectivity index (χ2v) is 7.42. The number of carbonyl (C=O) groups is 1. The number of rotatable bonds is 4. The van der Waals surface area contributed by atoms with E-state index in [2.05, 4.69) is 15.5 Å². The maximum absolute atomic E-state index is 13.5. The molecule has 0 saturated heterocycles. The third-order valence-electron chi connectivity index (χ3n) is 4.84. The van der Waals surface area contributed by atoms with Gasteiger partial charge in [0.1, 0.15) is 17.7 Å². The topological polar surface area (TPSA) is 101 Å². The highest BCUT2D eigenvalue weighted by Gasteiger charge is 2.47. The van der Waals surface area contributed by atoms with Crippen molar-refractivity contribution in [2.75, 3.05) is 5.73 Å². The quantitative estimate of drug-likeness (QED) is 0.630. The number of hydrogen-bond acceptors (Lipinski definition) is 5. The number of carboxylic acid groups (broad SMARTS) is 1. The van der Waals surface area contributed by atoms with Gasteiger partial charge in [-0.05, 0) is 34.0 Å². The molecule has 0 bridgehead atoms. The summed E-state index contributed by atoms with van der Waals surface area (Å²) in [6.45, 7) is 0. The Balaban J connectivity index is 1.70. The average Bonchev–Trinajstić information content (AvgIpc) is 3.14. The Labute approximate surface area is 158 Å². The van der Waals surface area contributed by atoms with Crippen LogP contribution in [0.4, 0.5) is 15.0 Å². The van der Waals surface area contributed by atoms with E-state index in [1.165, 1.54) is 0 Å². The molecule has 1 fully saturated rings. The molecule has 0 atom stereocenters. The number of amides is 1. The highest BCUT2D eigenvalue weighted by atomic mass is 32.1. The summed E-state index contributed by atoms with van der Waals surface area (Å²) in [5.74, 6) is 0.338. The number of benzene rings is 1. The van der Waals surface area contributed by atoms with Crippen molar-refractivity contribution in [1.29, 1.82) is 0 Å². The van der Waals surface area contributed by atoms with E-state index < -0.39 is 17.8 Å². The van der Waals surface area contributed by atoms with Crippen LogP contribution in [0.25, 0.3) is 22.4 Å². The molecule has 0 aliphatic heterocycles. The molecule has 3 aromatic rings. The number of nitrogens with two attached hydrogens (primary N) is 1. The summed E-state index contributed by atoms with van der Waals surface area (Å²) in [5.41, 5.74) is 9.07. The normalized spacial score (nSPS) is 21.4. The van der Waals surface area contributed by atoms with Gasteiger partial charge in [-0.2, -0.15) is 11.3 Å². The van der Waals surface area contributed by atoms with Crippen LogP contribution < -0.4 is 11.1 Å². The summed E-state index contributed by atoms with van der Waals surface area (Å²) >= 11 is 1.58. The lowest BCUT2D eigenvalue weighted by molar-refractivity contribution is 0.0640. The molecular weight excluding hydrogens is 367 g/mol. The van der Waals surface area contributed by atoms with Crippen molar-refractivity contribution in [2.45, 2.75) is 24.6 Å². The molecular formula is C19H17FN4O2S. The van der Waals surface area contributed by atoms with Crippen LogP contribution in [-0.4, -0.2) is 27.6 Å². The Morgan fingerprint density at radius 2 is 1.96 bits per heavy atom. The number of anilines is 1. The first-order valence-electron chi connectivity index (χ1n) is 8.39. The first kappa shape index (κ1) is 17.4. The molecule has 4 N–H and O–H groups in total. The number of aromatic nitrogens is 2. The number of halogens is 1. The van der Waals surface area contributed by atoms with Crippen LogP contribution in [-0.2, 0) is 5.54 Å². The minimum atomic E-state index is -1.16. The van der Waals surface area contributed by atoms with Gasteiger partial charge in [0.15, 0.2) is 0 Å². The monoisotopic (exact) mass is 384 g/mol. The third kappa shape index (κ3) is 3.23. The van der Waals surface area contributed by atoms with E-state index in [1.54, 1.807) is 17.4 Å². The van der Waals surface area contributed by atoms with E-state index >= 15 is 0 Å². The number of nitrogen functional groups attached to an aromatic ring is 1. The molecule has 1 amide bonds. The number of nitrogens with zero attached hydrogens (tertiary/aromatic N) is 2. The Hall–Kier alpha value is -3.00. The molecule has 2 aromatic heterocycles. The Bertz CT molecular complexity index is 970. The molecule has 138 valence electrons. The molecule has 1 aliphatic carbocycles. The van der Waals surface area contributed by atoms with Crippen molar-refractivity contribution in [1.82, 2.24) is 15.5 Å². The van der Waals surface area contributed by atoms with Crippen molar-refractivity contribution in [3.05, 3.63) is 52.7 Å². The third-order valence-corrected chi connectivity index (χ3v) is 5.53. The molecule has 0 spiro atoms. The molecule has 6 nitrogen and oxygen atoms in total. The van der Waals surface area contributed by atoms with Gasteiger partial charge in [-0.15, -0.1) is 10.2 Å². The number of hydrogen-bond donors (Lipinski definition) is 3. The first-order chi connectivity index (χ1) is 13.0. The standard InChI is InChI=1S/C19H17FN4O2S/c20-14-8-19(9-14,22-18(25)26)13-3-1-11(2-4-13)17-15(7-16(21)23-24-17)12-5-6-27-10-12/h1-7,10,14,22H,8-9H2,(H2,21,23)(H,25,26)/t14-,19-. The largest absolute Gasteiger partial charge is 0.465 e. The fraction of sp³-hybridized carbons (Fsp3) is 0.211. The van der Waals surface area contributed by atoms with Crippen molar-refractivity contribution in [2.24, 2.45) is 0 Å². The van der Waals surface area contributed by atoms with E-state index in [9.17, 15) is 9.18 Å². The number of thiophene rings is 1. The van der Waals surface area contributed by atoms with E-state index in [4.69, 9.17) is 10.8 Å². The van der Waals surface area contributed by atoms with E-state index in [-0.39, 0.29) is 12.8 Å². The summed E-state index contributed by atoms with van der Waals surface area (Å²) in [7, 11) is 0. The highest BCUT2D eigenvalue weighted by molar-refractivity contribution is 7.08. The van der Waals surface area contributed by atoms with Crippen LogP contribution in [0.1, 0.15) is 18.4 Å². The second-order valence-electron chi connectivity index (χ2n) is 6.64. The Kier molecular flexibility index (Phi) is 4.27. The fourth-order valence-corrected chi connectivity index (χ4v) is 4.17. The molecule has 0 radical (unpaired) electrons. The zero-order valence-electron chi connectivity index (χ0n) is 14.2. The first-order valence-corrected chi connectivity index (χ1v) is 9.33. The molecule has 1 saturated carbocycles. The van der Waals surface area contributed by atoms with Gasteiger partial charge < -0.3 is 16.2 Å². The van der Waals surface area contributed by atoms with Crippen molar-refractivity contribution in [3.8, 4) is 22.4 Å². The van der Waals surface area contributed by atoms with Gasteiger partial charge in [-0.3, -0.25) is 0 Å². The van der Waals surface area contributed by atoms with Crippen LogP contribution in [0.15, 0.2) is 47.2 Å². The summed E-state index contributed by atoms with van der Waals surface area (Å²) < 4.78 is 13.5. The van der Waals surface area contributed by atoms with Crippen molar-refractivity contribution in [3.63, 3.8) is 0 Å². The summed E-state index contributed by atoms with van der Waals surface area (Å²) in [6.07, 6.45) is -1.87.